The molecule has 0 unspecified atom stereocenters. The van der Waals surface area contributed by atoms with Crippen molar-refractivity contribution in [1.82, 2.24) is 0 Å². The molecule has 20 heavy (non-hydrogen) atoms. The Morgan fingerprint density at radius 1 is 0.850 bits per heavy atom. The molecule has 2 rings (SSSR count). The van der Waals surface area contributed by atoms with Gasteiger partial charge in [0.25, 0.3) is 0 Å². The highest BCUT2D eigenvalue weighted by Crippen LogP contribution is 2.08. The summed E-state index contributed by atoms with van der Waals surface area (Å²) in [6.07, 6.45) is 1.36. The molecule has 0 bridgehead atoms. The number of carbonyl (C=O) groups is 2. The van der Waals surface area contributed by atoms with E-state index in [4.69, 9.17) is 5.73 Å². The maximum atomic E-state index is 11.9. The van der Waals surface area contributed by atoms with Crippen LogP contribution in [0.25, 0.3) is 0 Å². The van der Waals surface area contributed by atoms with E-state index in [1.807, 2.05) is 12.1 Å². The Hall–Kier alpha value is -2.68. The molecule has 0 aromatic heterocycles. The van der Waals surface area contributed by atoms with Crippen LogP contribution in [-0.4, -0.2) is 11.6 Å². The van der Waals surface area contributed by atoms with Gasteiger partial charge in [-0.1, -0.05) is 60.7 Å². The minimum Gasteiger partial charge on any atom is -0.402 e. The third-order valence-corrected chi connectivity index (χ3v) is 2.84. The van der Waals surface area contributed by atoms with E-state index in [0.717, 1.165) is 0 Å². The number of Topliss-reactive ketones (excluding diaryl/α,β-unsaturated/α-hetero) is 1. The number of allylic oxidation sites excluding steroid dienone is 2. The standard InChI is InChI=1S/C17H15NO2/c18-15(11-16(19)13-7-3-1-4-8-13)12-17(20)14-9-5-2-6-10-14/h1-11H,12,18H2/b15-11-. The molecule has 2 aromatic carbocycles. The molecule has 100 valence electrons. The van der Waals surface area contributed by atoms with Gasteiger partial charge >= 0.3 is 0 Å². The summed E-state index contributed by atoms with van der Waals surface area (Å²) >= 11 is 0. The predicted molar refractivity (Wildman–Crippen MR) is 78.4 cm³/mol. The van der Waals surface area contributed by atoms with Gasteiger partial charge in [-0.2, -0.15) is 0 Å². The predicted octanol–water partition coefficient (Wildman–Crippen LogP) is 2.98. The highest BCUT2D eigenvalue weighted by Gasteiger charge is 2.08. The van der Waals surface area contributed by atoms with Gasteiger partial charge in [0.1, 0.15) is 0 Å². The Labute approximate surface area is 117 Å². The molecule has 0 amide bonds. The normalized spacial score (nSPS) is 11.1. The van der Waals surface area contributed by atoms with Crippen molar-refractivity contribution < 1.29 is 9.59 Å². The molecule has 0 aliphatic carbocycles. The molecule has 2 aromatic rings. The number of ketones is 2. The number of carbonyl (C=O) groups excluding carboxylic acids is 2. The summed E-state index contributed by atoms with van der Waals surface area (Å²) in [6.45, 7) is 0. The van der Waals surface area contributed by atoms with Crippen LogP contribution in [0.3, 0.4) is 0 Å². The number of rotatable bonds is 5. The SMILES string of the molecule is N/C(=C\C(=O)c1ccccc1)CC(=O)c1ccccc1. The summed E-state index contributed by atoms with van der Waals surface area (Å²) in [7, 11) is 0. The number of nitrogens with two attached hydrogens (primary N) is 1. The Morgan fingerprint density at radius 3 is 1.90 bits per heavy atom. The van der Waals surface area contributed by atoms with Gasteiger partial charge in [-0.3, -0.25) is 9.59 Å². The van der Waals surface area contributed by atoms with Crippen molar-refractivity contribution in [1.29, 1.82) is 0 Å². The third-order valence-electron chi connectivity index (χ3n) is 2.84. The Balaban J connectivity index is 2.05. The zero-order chi connectivity index (χ0) is 14.4. The summed E-state index contributed by atoms with van der Waals surface area (Å²) in [5.74, 6) is -0.288. The average Bonchev–Trinajstić information content (AvgIpc) is 2.49. The van der Waals surface area contributed by atoms with Gasteiger partial charge < -0.3 is 5.73 Å². The van der Waals surface area contributed by atoms with Crippen LogP contribution < -0.4 is 5.73 Å². The molecule has 0 saturated carbocycles. The van der Waals surface area contributed by atoms with E-state index in [1.165, 1.54) is 6.08 Å². The second-order valence-electron chi connectivity index (χ2n) is 4.42. The first kappa shape index (κ1) is 13.7. The van der Waals surface area contributed by atoms with Crippen LogP contribution in [0.2, 0.25) is 0 Å². The van der Waals surface area contributed by atoms with Crippen molar-refractivity contribution in [2.45, 2.75) is 6.42 Å². The van der Waals surface area contributed by atoms with Gasteiger partial charge in [0.05, 0.1) is 6.42 Å². The van der Waals surface area contributed by atoms with Gasteiger partial charge in [-0.15, -0.1) is 0 Å². The quantitative estimate of drug-likeness (QED) is 0.667. The Kier molecular flexibility index (Phi) is 4.45. The summed E-state index contributed by atoms with van der Waals surface area (Å²) in [5, 5.41) is 0. The van der Waals surface area contributed by atoms with E-state index in [9.17, 15) is 9.59 Å². The van der Waals surface area contributed by atoms with Crippen molar-refractivity contribution in [2.24, 2.45) is 5.73 Å². The van der Waals surface area contributed by atoms with Crippen molar-refractivity contribution >= 4 is 11.6 Å². The van der Waals surface area contributed by atoms with E-state index >= 15 is 0 Å². The molecule has 0 fully saturated rings. The molecule has 0 saturated heterocycles. The summed E-state index contributed by atoms with van der Waals surface area (Å²) in [4.78, 5) is 23.8. The van der Waals surface area contributed by atoms with Gasteiger partial charge in [0.15, 0.2) is 11.6 Å². The fourth-order valence-corrected chi connectivity index (χ4v) is 1.82. The Morgan fingerprint density at radius 2 is 1.35 bits per heavy atom. The number of hydrogen-bond donors (Lipinski definition) is 1. The summed E-state index contributed by atoms with van der Waals surface area (Å²) in [6, 6.07) is 17.7. The highest BCUT2D eigenvalue weighted by atomic mass is 16.1. The molecular weight excluding hydrogens is 250 g/mol. The Bertz CT molecular complexity index is 631. The average molecular weight is 265 g/mol. The van der Waals surface area contributed by atoms with Crippen molar-refractivity contribution in [3.05, 3.63) is 83.6 Å². The summed E-state index contributed by atoms with van der Waals surface area (Å²) < 4.78 is 0. The van der Waals surface area contributed by atoms with Gasteiger partial charge in [-0.25, -0.2) is 0 Å². The van der Waals surface area contributed by atoms with E-state index in [0.29, 0.717) is 11.1 Å². The second kappa shape index (κ2) is 6.48. The molecule has 2 N–H and O–H groups in total. The van der Waals surface area contributed by atoms with Crippen molar-refractivity contribution in [3.63, 3.8) is 0 Å². The number of hydrogen-bond acceptors (Lipinski definition) is 3. The zero-order valence-electron chi connectivity index (χ0n) is 11.0. The first-order valence-corrected chi connectivity index (χ1v) is 6.30. The van der Waals surface area contributed by atoms with Crippen LogP contribution in [0.15, 0.2) is 72.4 Å². The van der Waals surface area contributed by atoms with Gasteiger partial charge in [-0.05, 0) is 0 Å². The minimum atomic E-state index is -0.191. The zero-order valence-corrected chi connectivity index (χ0v) is 11.0. The van der Waals surface area contributed by atoms with Gasteiger partial charge in [0.2, 0.25) is 0 Å². The van der Waals surface area contributed by atoms with Crippen LogP contribution in [0.5, 0.6) is 0 Å². The lowest BCUT2D eigenvalue weighted by molar-refractivity contribution is 0.0992. The minimum absolute atomic E-state index is 0.0442. The lowest BCUT2D eigenvalue weighted by Gasteiger charge is -2.02. The van der Waals surface area contributed by atoms with E-state index < -0.39 is 0 Å². The second-order valence-corrected chi connectivity index (χ2v) is 4.42. The van der Waals surface area contributed by atoms with Crippen LogP contribution in [0.1, 0.15) is 27.1 Å². The third kappa shape index (κ3) is 3.65. The highest BCUT2D eigenvalue weighted by molar-refractivity contribution is 6.05. The maximum Gasteiger partial charge on any atom is 0.187 e. The fourth-order valence-electron chi connectivity index (χ4n) is 1.82. The van der Waals surface area contributed by atoms with Crippen LogP contribution >= 0.6 is 0 Å². The fraction of sp³-hybridized carbons (Fsp3) is 0.0588. The van der Waals surface area contributed by atoms with Gasteiger partial charge in [0, 0.05) is 22.9 Å². The van der Waals surface area contributed by atoms with Crippen LogP contribution in [-0.2, 0) is 0 Å². The molecular formula is C17H15NO2. The largest absolute Gasteiger partial charge is 0.402 e. The monoisotopic (exact) mass is 265 g/mol. The van der Waals surface area contributed by atoms with Crippen LogP contribution in [0, 0.1) is 0 Å². The molecule has 0 radical (unpaired) electrons. The molecule has 0 aliphatic heterocycles. The molecule has 0 spiro atoms. The van der Waals surface area contributed by atoms with Crippen molar-refractivity contribution in [3.8, 4) is 0 Å². The first-order valence-electron chi connectivity index (χ1n) is 6.30. The summed E-state index contributed by atoms with van der Waals surface area (Å²) in [5.41, 5.74) is 7.19. The van der Waals surface area contributed by atoms with E-state index in [-0.39, 0.29) is 23.7 Å². The molecule has 0 heterocycles. The van der Waals surface area contributed by atoms with Crippen LogP contribution in [0.4, 0.5) is 0 Å². The topological polar surface area (TPSA) is 60.2 Å². The lowest BCUT2D eigenvalue weighted by Crippen LogP contribution is -2.09. The molecule has 3 nitrogen and oxygen atoms in total. The molecule has 0 atom stereocenters. The maximum absolute atomic E-state index is 11.9. The first-order chi connectivity index (χ1) is 9.66. The number of benzene rings is 2. The van der Waals surface area contributed by atoms with E-state index in [1.54, 1.807) is 48.5 Å². The van der Waals surface area contributed by atoms with E-state index in [2.05, 4.69) is 0 Å². The lowest BCUT2D eigenvalue weighted by atomic mass is 10.0. The molecule has 3 heteroatoms. The van der Waals surface area contributed by atoms with Crippen molar-refractivity contribution in [2.75, 3.05) is 0 Å². The smallest absolute Gasteiger partial charge is 0.187 e. The molecule has 0 aliphatic rings.